The second kappa shape index (κ2) is 9.52. The van der Waals surface area contributed by atoms with Gasteiger partial charge >= 0.3 is 6.03 Å². The van der Waals surface area contributed by atoms with Crippen LogP contribution in [-0.4, -0.2) is 32.0 Å². The highest BCUT2D eigenvalue weighted by Gasteiger charge is 2.21. The van der Waals surface area contributed by atoms with E-state index in [1.807, 2.05) is 59.3 Å². The zero-order chi connectivity index (χ0) is 19.9. The van der Waals surface area contributed by atoms with Gasteiger partial charge in [0, 0.05) is 13.1 Å². The monoisotopic (exact) mass is 415 g/mol. The first-order chi connectivity index (χ1) is 13.6. The largest absolute Gasteiger partial charge is 0.334 e. The van der Waals surface area contributed by atoms with Gasteiger partial charge in [0.2, 0.25) is 5.91 Å². The molecule has 2 aromatic heterocycles. The average Bonchev–Trinajstić information content (AvgIpc) is 3.36. The van der Waals surface area contributed by atoms with E-state index in [1.54, 1.807) is 18.3 Å². The fourth-order valence-electron chi connectivity index (χ4n) is 2.50. The second-order valence-electron chi connectivity index (χ2n) is 5.95. The van der Waals surface area contributed by atoms with Crippen LogP contribution in [0.2, 0.25) is 0 Å². The number of rotatable bonds is 7. The minimum Gasteiger partial charge on any atom is -0.334 e. The number of thiophene rings is 1. The highest BCUT2D eigenvalue weighted by atomic mass is 32.2. The third-order valence-electron chi connectivity index (χ3n) is 3.96. The van der Waals surface area contributed by atoms with Gasteiger partial charge in [-0.15, -0.1) is 21.5 Å². The fraction of sp³-hybridized carbons (Fsp3) is 0.263. The Morgan fingerprint density at radius 1 is 1.18 bits per heavy atom. The van der Waals surface area contributed by atoms with Crippen molar-refractivity contribution < 1.29 is 9.59 Å². The molecule has 0 aliphatic rings. The summed E-state index contributed by atoms with van der Waals surface area (Å²) in [4.78, 5) is 25.4. The number of carbonyl (C=O) groups is 2. The molecular weight excluding hydrogens is 394 g/mol. The van der Waals surface area contributed by atoms with E-state index in [2.05, 4.69) is 20.8 Å². The maximum absolute atomic E-state index is 12.4. The number of aromatic nitrogens is 3. The second-order valence-corrected chi connectivity index (χ2v) is 8.20. The molecule has 3 rings (SSSR count). The highest BCUT2D eigenvalue weighted by molar-refractivity contribution is 8.00. The quantitative estimate of drug-likeness (QED) is 0.576. The lowest BCUT2D eigenvalue weighted by Gasteiger charge is -2.12. The molecule has 0 radical (unpaired) electrons. The number of nitrogens with one attached hydrogen (secondary N) is 2. The van der Waals surface area contributed by atoms with E-state index in [9.17, 15) is 9.59 Å². The summed E-state index contributed by atoms with van der Waals surface area (Å²) < 4.78 is 1.97. The lowest BCUT2D eigenvalue weighted by atomic mass is 10.2. The molecule has 0 aliphatic carbocycles. The summed E-state index contributed by atoms with van der Waals surface area (Å²) >= 11 is 2.87. The first kappa shape index (κ1) is 20.1. The van der Waals surface area contributed by atoms with Gasteiger partial charge in [0.15, 0.2) is 11.0 Å². The van der Waals surface area contributed by atoms with Crippen molar-refractivity contribution in [3.05, 3.63) is 53.4 Å². The summed E-state index contributed by atoms with van der Waals surface area (Å²) in [5, 5.41) is 15.7. The standard InChI is InChI=1S/C19H21N5O2S2/c1-3-24-16(15-10-7-11-27-15)22-23-19(24)28-13(2)17(25)21-18(26)20-12-14-8-5-4-6-9-14/h4-11,13H,3,12H2,1-2H3,(H2,20,21,25,26)/t13-/m0/s1. The van der Waals surface area contributed by atoms with E-state index < -0.39 is 11.3 Å². The maximum Gasteiger partial charge on any atom is 0.321 e. The third kappa shape index (κ3) is 4.99. The third-order valence-corrected chi connectivity index (χ3v) is 5.90. The van der Waals surface area contributed by atoms with Gasteiger partial charge in [0.05, 0.1) is 10.1 Å². The predicted octanol–water partition coefficient (Wildman–Crippen LogP) is 3.53. The average molecular weight is 416 g/mol. The molecule has 2 N–H and O–H groups in total. The number of carbonyl (C=O) groups excluding carboxylic acids is 2. The van der Waals surface area contributed by atoms with Crippen molar-refractivity contribution in [2.24, 2.45) is 0 Å². The molecule has 9 heteroatoms. The van der Waals surface area contributed by atoms with Crippen LogP contribution in [0.15, 0.2) is 53.0 Å². The highest BCUT2D eigenvalue weighted by Crippen LogP contribution is 2.29. The smallest absolute Gasteiger partial charge is 0.321 e. The van der Waals surface area contributed by atoms with Gasteiger partial charge in [-0.3, -0.25) is 10.1 Å². The molecule has 2 heterocycles. The van der Waals surface area contributed by atoms with Crippen LogP contribution in [-0.2, 0) is 17.9 Å². The number of thioether (sulfide) groups is 1. The SMILES string of the molecule is CCn1c(S[C@@H](C)C(=O)NC(=O)NCc2ccccc2)nnc1-c1cccs1. The molecule has 0 bridgehead atoms. The summed E-state index contributed by atoms with van der Waals surface area (Å²) in [6, 6.07) is 12.9. The van der Waals surface area contributed by atoms with E-state index in [0.29, 0.717) is 18.2 Å². The van der Waals surface area contributed by atoms with Crippen molar-refractivity contribution in [3.8, 4) is 10.7 Å². The zero-order valence-corrected chi connectivity index (χ0v) is 17.2. The summed E-state index contributed by atoms with van der Waals surface area (Å²) in [5.74, 6) is 0.409. The van der Waals surface area contributed by atoms with Gasteiger partial charge in [0.25, 0.3) is 0 Å². The van der Waals surface area contributed by atoms with Crippen LogP contribution in [0, 0.1) is 0 Å². The number of urea groups is 1. The fourth-order valence-corrected chi connectivity index (χ4v) is 4.13. The van der Waals surface area contributed by atoms with E-state index in [-0.39, 0.29) is 5.91 Å². The molecular formula is C19H21N5O2S2. The first-order valence-electron chi connectivity index (χ1n) is 8.84. The van der Waals surface area contributed by atoms with E-state index >= 15 is 0 Å². The Morgan fingerprint density at radius 2 is 1.96 bits per heavy atom. The van der Waals surface area contributed by atoms with Crippen LogP contribution in [0.3, 0.4) is 0 Å². The van der Waals surface area contributed by atoms with Crippen LogP contribution >= 0.6 is 23.1 Å². The lowest BCUT2D eigenvalue weighted by Crippen LogP contribution is -2.42. The number of hydrogen-bond donors (Lipinski definition) is 2. The van der Waals surface area contributed by atoms with Gasteiger partial charge in [-0.25, -0.2) is 4.79 Å². The Balaban J connectivity index is 1.56. The van der Waals surface area contributed by atoms with Crippen molar-refractivity contribution in [2.75, 3.05) is 0 Å². The molecule has 1 atom stereocenters. The van der Waals surface area contributed by atoms with Gasteiger partial charge in [0.1, 0.15) is 0 Å². The number of imide groups is 1. The zero-order valence-electron chi connectivity index (χ0n) is 15.6. The normalized spacial score (nSPS) is 11.8. The van der Waals surface area contributed by atoms with Crippen molar-refractivity contribution >= 4 is 35.0 Å². The number of amides is 3. The molecule has 0 saturated carbocycles. The number of benzene rings is 1. The van der Waals surface area contributed by atoms with Crippen LogP contribution in [0.25, 0.3) is 10.7 Å². The Labute approximate surface area is 171 Å². The molecule has 0 aliphatic heterocycles. The lowest BCUT2D eigenvalue weighted by molar-refractivity contribution is -0.119. The molecule has 0 saturated heterocycles. The molecule has 3 aromatic rings. The van der Waals surface area contributed by atoms with Gasteiger partial charge in [-0.2, -0.15) is 0 Å². The molecule has 0 fully saturated rings. The Hall–Kier alpha value is -2.65. The van der Waals surface area contributed by atoms with Crippen molar-refractivity contribution in [1.82, 2.24) is 25.4 Å². The Bertz CT molecular complexity index is 925. The van der Waals surface area contributed by atoms with Crippen LogP contribution in [0.5, 0.6) is 0 Å². The van der Waals surface area contributed by atoms with Crippen LogP contribution in [0.1, 0.15) is 19.4 Å². The van der Waals surface area contributed by atoms with Gasteiger partial charge < -0.3 is 9.88 Å². The minimum atomic E-state index is -0.516. The summed E-state index contributed by atoms with van der Waals surface area (Å²) in [7, 11) is 0. The summed E-state index contributed by atoms with van der Waals surface area (Å²) in [6.45, 7) is 4.79. The van der Waals surface area contributed by atoms with Crippen molar-refractivity contribution in [1.29, 1.82) is 0 Å². The van der Waals surface area contributed by atoms with Gasteiger partial charge in [-0.05, 0) is 30.9 Å². The molecule has 146 valence electrons. The molecule has 3 amide bonds. The molecule has 1 aromatic carbocycles. The van der Waals surface area contributed by atoms with Crippen LogP contribution in [0.4, 0.5) is 4.79 Å². The van der Waals surface area contributed by atoms with E-state index in [1.165, 1.54) is 11.8 Å². The van der Waals surface area contributed by atoms with E-state index in [4.69, 9.17) is 0 Å². The van der Waals surface area contributed by atoms with Crippen molar-refractivity contribution in [2.45, 2.75) is 37.3 Å². The Kier molecular flexibility index (Phi) is 6.83. The maximum atomic E-state index is 12.4. The molecule has 28 heavy (non-hydrogen) atoms. The van der Waals surface area contributed by atoms with Crippen LogP contribution < -0.4 is 10.6 Å². The number of hydrogen-bond acceptors (Lipinski definition) is 6. The van der Waals surface area contributed by atoms with E-state index in [0.717, 1.165) is 16.3 Å². The molecule has 0 spiro atoms. The Morgan fingerprint density at radius 3 is 2.64 bits per heavy atom. The van der Waals surface area contributed by atoms with Crippen molar-refractivity contribution in [3.63, 3.8) is 0 Å². The summed E-state index contributed by atoms with van der Waals surface area (Å²) in [6.07, 6.45) is 0. The molecule has 0 unspecified atom stereocenters. The summed E-state index contributed by atoms with van der Waals surface area (Å²) in [5.41, 5.74) is 0.963. The predicted molar refractivity (Wildman–Crippen MR) is 111 cm³/mol. The topological polar surface area (TPSA) is 88.9 Å². The minimum absolute atomic E-state index is 0.357. The molecule has 7 nitrogen and oxygen atoms in total. The van der Waals surface area contributed by atoms with Gasteiger partial charge in [-0.1, -0.05) is 48.2 Å². The first-order valence-corrected chi connectivity index (χ1v) is 10.6. The number of nitrogens with zero attached hydrogens (tertiary/aromatic N) is 3.